The van der Waals surface area contributed by atoms with Gasteiger partial charge in [-0.15, -0.1) is 0 Å². The minimum absolute atomic E-state index is 0.0314. The Balaban J connectivity index is 1.86. The summed E-state index contributed by atoms with van der Waals surface area (Å²) < 4.78 is 87.7. The van der Waals surface area contributed by atoms with Crippen molar-refractivity contribution < 1.29 is 31.1 Å². The van der Waals surface area contributed by atoms with Crippen LogP contribution in [0, 0.1) is 12.7 Å². The molecule has 1 aliphatic rings. The minimum atomic E-state index is -4.88. The Labute approximate surface area is 189 Å². The van der Waals surface area contributed by atoms with Crippen LogP contribution in [0.2, 0.25) is 0 Å². The first-order valence-corrected chi connectivity index (χ1v) is 10.3. The van der Waals surface area contributed by atoms with Crippen molar-refractivity contribution in [2.24, 2.45) is 0 Å². The molecule has 34 heavy (non-hydrogen) atoms. The van der Waals surface area contributed by atoms with Crippen LogP contribution in [0.3, 0.4) is 0 Å². The lowest BCUT2D eigenvalue weighted by atomic mass is 10.0. The van der Waals surface area contributed by atoms with E-state index in [1.807, 2.05) is 0 Å². The largest absolute Gasteiger partial charge is 0.490 e. The number of aryl methyl sites for hydroxylation is 1. The number of ether oxygens (including phenoxy) is 1. The molecule has 0 spiro atoms. The maximum Gasteiger partial charge on any atom is 0.419 e. The number of methoxy groups -OCH3 is 1. The van der Waals surface area contributed by atoms with Crippen molar-refractivity contribution in [2.45, 2.75) is 50.9 Å². The number of rotatable bonds is 6. The fourth-order valence-corrected chi connectivity index (χ4v) is 3.98. The topological polar surface area (TPSA) is 69.0 Å². The zero-order valence-electron chi connectivity index (χ0n) is 18.3. The molecule has 0 amide bonds. The van der Waals surface area contributed by atoms with E-state index >= 15 is 0 Å². The Kier molecular flexibility index (Phi) is 5.73. The average molecular weight is 486 g/mol. The second-order valence-corrected chi connectivity index (χ2v) is 8.20. The van der Waals surface area contributed by atoms with Gasteiger partial charge >= 0.3 is 6.18 Å². The monoisotopic (exact) mass is 486 g/mol. The molecular weight excluding hydrogens is 466 g/mol. The molecule has 1 unspecified atom stereocenters. The van der Waals surface area contributed by atoms with Gasteiger partial charge in [0.2, 0.25) is 5.75 Å². The Hall–Kier alpha value is -3.31. The molecule has 182 valence electrons. The molecule has 0 saturated heterocycles. The Morgan fingerprint density at radius 3 is 2.44 bits per heavy atom. The van der Waals surface area contributed by atoms with E-state index in [4.69, 9.17) is 4.74 Å². The molecule has 2 heterocycles. The summed E-state index contributed by atoms with van der Waals surface area (Å²) in [7, 11) is 1.20. The Morgan fingerprint density at radius 1 is 1.21 bits per heavy atom. The summed E-state index contributed by atoms with van der Waals surface area (Å²) in [4.78, 5) is 21.4. The predicted octanol–water partition coefficient (Wildman–Crippen LogP) is 5.19. The molecule has 0 bridgehead atoms. The van der Waals surface area contributed by atoms with E-state index in [-0.39, 0.29) is 46.7 Å². The third kappa shape index (κ3) is 3.84. The fourth-order valence-electron chi connectivity index (χ4n) is 3.98. The van der Waals surface area contributed by atoms with Gasteiger partial charge in [-0.2, -0.15) is 13.2 Å². The normalized spacial score (nSPS) is 16.1. The van der Waals surface area contributed by atoms with Crippen LogP contribution in [-0.4, -0.2) is 28.1 Å². The molecule has 1 fully saturated rings. The van der Waals surface area contributed by atoms with Crippen molar-refractivity contribution in [3.63, 3.8) is 0 Å². The zero-order valence-corrected chi connectivity index (χ0v) is 18.3. The van der Waals surface area contributed by atoms with Gasteiger partial charge in [0.1, 0.15) is 28.5 Å². The van der Waals surface area contributed by atoms with Gasteiger partial charge in [0.25, 0.3) is 12.0 Å². The third-order valence-corrected chi connectivity index (χ3v) is 5.95. The first-order valence-electron chi connectivity index (χ1n) is 10.3. The highest BCUT2D eigenvalue weighted by Crippen LogP contribution is 2.48. The Morgan fingerprint density at radius 2 is 1.88 bits per heavy atom. The molecule has 1 aromatic carbocycles. The number of nitrogens with zero attached hydrogens (tertiary/aromatic N) is 3. The van der Waals surface area contributed by atoms with Crippen LogP contribution in [0.1, 0.15) is 42.8 Å². The van der Waals surface area contributed by atoms with Gasteiger partial charge in [-0.05, 0) is 32.8 Å². The smallest absolute Gasteiger partial charge is 0.419 e. The number of aromatic nitrogens is 3. The number of pyridine rings is 1. The molecule has 0 aliphatic heterocycles. The number of halogens is 6. The molecule has 6 nitrogen and oxygen atoms in total. The average Bonchev–Trinajstić information content (AvgIpc) is 3.54. The van der Waals surface area contributed by atoms with Crippen LogP contribution in [0.25, 0.3) is 10.9 Å². The summed E-state index contributed by atoms with van der Waals surface area (Å²) in [5.41, 5.74) is -4.11. The van der Waals surface area contributed by atoms with Gasteiger partial charge in [-0.25, -0.2) is 23.1 Å². The summed E-state index contributed by atoms with van der Waals surface area (Å²) in [6, 6.07) is 1.92. The number of nitrogens with one attached hydrogen (secondary N) is 1. The lowest BCUT2D eigenvalue weighted by Crippen LogP contribution is -2.36. The lowest BCUT2D eigenvalue weighted by Gasteiger charge is -2.22. The van der Waals surface area contributed by atoms with Gasteiger partial charge in [0, 0.05) is 11.8 Å². The lowest BCUT2D eigenvalue weighted by molar-refractivity contribution is -0.140. The number of fused-ring (bicyclic) bond motifs is 1. The standard InChI is InChI=1S/C22H20F6N4O2/c1-10(12-5-4-6-14(15(12)23)22(26,27)28)29-18-13-9-32(21(7-8-21)20(24)25)19(33)17(34-3)16(13)30-11(2)31-18/h4-6,9-10,20H,7-8H2,1-3H3,(H,29,30,31). The van der Waals surface area contributed by atoms with Crippen LogP contribution in [-0.2, 0) is 11.7 Å². The van der Waals surface area contributed by atoms with Gasteiger partial charge in [-0.1, -0.05) is 12.1 Å². The molecule has 12 heteroatoms. The third-order valence-electron chi connectivity index (χ3n) is 5.95. The molecule has 0 radical (unpaired) electrons. The van der Waals surface area contributed by atoms with Gasteiger partial charge in [-0.3, -0.25) is 9.36 Å². The number of benzene rings is 1. The van der Waals surface area contributed by atoms with E-state index in [0.29, 0.717) is 6.07 Å². The highest BCUT2D eigenvalue weighted by molar-refractivity contribution is 5.92. The molecular formula is C22H20F6N4O2. The van der Waals surface area contributed by atoms with Crippen molar-refractivity contribution in [3.8, 4) is 5.75 Å². The van der Waals surface area contributed by atoms with E-state index in [9.17, 15) is 31.1 Å². The van der Waals surface area contributed by atoms with E-state index in [2.05, 4.69) is 15.3 Å². The SMILES string of the molecule is COc1c(=O)n(C2(C(F)F)CC2)cc2c(NC(C)c3cccc(C(F)(F)F)c3F)nc(C)nc12. The van der Waals surface area contributed by atoms with Crippen molar-refractivity contribution in [3.05, 3.63) is 57.5 Å². The first-order chi connectivity index (χ1) is 15.9. The van der Waals surface area contributed by atoms with Gasteiger partial charge in [0.15, 0.2) is 0 Å². The zero-order chi connectivity index (χ0) is 25.0. The summed E-state index contributed by atoms with van der Waals surface area (Å²) in [5.74, 6) is -1.49. The molecule has 2 aromatic heterocycles. The van der Waals surface area contributed by atoms with Crippen molar-refractivity contribution in [1.82, 2.24) is 14.5 Å². The first kappa shape index (κ1) is 23.8. The number of hydrogen-bond acceptors (Lipinski definition) is 5. The van der Waals surface area contributed by atoms with E-state index in [1.165, 1.54) is 33.2 Å². The number of anilines is 1. The number of hydrogen-bond donors (Lipinski definition) is 1. The highest BCUT2D eigenvalue weighted by Gasteiger charge is 2.54. The quantitative estimate of drug-likeness (QED) is 0.486. The van der Waals surface area contributed by atoms with Crippen LogP contribution in [0.4, 0.5) is 32.2 Å². The maximum atomic E-state index is 14.7. The van der Waals surface area contributed by atoms with E-state index in [0.717, 1.165) is 10.6 Å². The van der Waals surface area contributed by atoms with E-state index in [1.54, 1.807) is 0 Å². The molecule has 4 rings (SSSR count). The van der Waals surface area contributed by atoms with Crippen molar-refractivity contribution in [2.75, 3.05) is 12.4 Å². The molecule has 3 aromatic rings. The van der Waals surface area contributed by atoms with Crippen LogP contribution in [0.15, 0.2) is 29.2 Å². The van der Waals surface area contributed by atoms with Gasteiger partial charge in [0.05, 0.1) is 24.1 Å². The summed E-state index contributed by atoms with van der Waals surface area (Å²) in [5, 5.41) is 2.98. The Bertz CT molecular complexity index is 1320. The van der Waals surface area contributed by atoms with Crippen LogP contribution in [0.5, 0.6) is 5.75 Å². The second-order valence-electron chi connectivity index (χ2n) is 8.20. The minimum Gasteiger partial charge on any atom is -0.490 e. The van der Waals surface area contributed by atoms with E-state index < -0.39 is 41.1 Å². The fraction of sp³-hybridized carbons (Fsp3) is 0.409. The number of alkyl halides is 5. The molecule has 1 aliphatic carbocycles. The molecule has 1 atom stereocenters. The van der Waals surface area contributed by atoms with Crippen LogP contribution < -0.4 is 15.6 Å². The molecule has 1 N–H and O–H groups in total. The van der Waals surface area contributed by atoms with Crippen molar-refractivity contribution >= 4 is 16.7 Å². The summed E-state index contributed by atoms with van der Waals surface area (Å²) in [6.07, 6.45) is -6.33. The summed E-state index contributed by atoms with van der Waals surface area (Å²) in [6.45, 7) is 2.93. The predicted molar refractivity (Wildman–Crippen MR) is 112 cm³/mol. The highest BCUT2D eigenvalue weighted by atomic mass is 19.4. The van der Waals surface area contributed by atoms with Crippen LogP contribution >= 0.6 is 0 Å². The van der Waals surface area contributed by atoms with Gasteiger partial charge < -0.3 is 10.1 Å². The molecule has 1 saturated carbocycles. The maximum absolute atomic E-state index is 14.7. The second kappa shape index (κ2) is 8.17. The van der Waals surface area contributed by atoms with Crippen molar-refractivity contribution in [1.29, 1.82) is 0 Å². The summed E-state index contributed by atoms with van der Waals surface area (Å²) >= 11 is 0.